The van der Waals surface area contributed by atoms with E-state index in [2.05, 4.69) is 15.6 Å². The quantitative estimate of drug-likeness (QED) is 0.861. The lowest BCUT2D eigenvalue weighted by atomic mass is 10.1. The van der Waals surface area contributed by atoms with Gasteiger partial charge in [0, 0.05) is 50.2 Å². The zero-order valence-electron chi connectivity index (χ0n) is 14.4. The van der Waals surface area contributed by atoms with E-state index in [9.17, 15) is 14.4 Å². The molecule has 3 amide bonds. The van der Waals surface area contributed by atoms with Gasteiger partial charge >= 0.3 is 0 Å². The fraction of sp³-hybridized carbons (Fsp3) is 0.263. The van der Waals surface area contributed by atoms with Crippen molar-refractivity contribution in [3.05, 3.63) is 54.4 Å². The number of carbonyl (C=O) groups excluding carboxylic acids is 3. The Kier molecular flexibility index (Phi) is 5.26. The summed E-state index contributed by atoms with van der Waals surface area (Å²) in [5.41, 5.74) is 2.28. The van der Waals surface area contributed by atoms with Crippen LogP contribution in [0.3, 0.4) is 0 Å². The van der Waals surface area contributed by atoms with E-state index in [1.165, 1.54) is 6.92 Å². The molecule has 2 N–H and O–H groups in total. The summed E-state index contributed by atoms with van der Waals surface area (Å²) in [5, 5.41) is 5.50. The summed E-state index contributed by atoms with van der Waals surface area (Å²) in [7, 11) is 0. The lowest BCUT2D eigenvalue weighted by molar-refractivity contribution is -0.128. The first-order valence-electron chi connectivity index (χ1n) is 8.36. The highest BCUT2D eigenvalue weighted by atomic mass is 16.2. The molecule has 1 aromatic carbocycles. The summed E-state index contributed by atoms with van der Waals surface area (Å²) in [6.45, 7) is 2.32. The maximum absolute atomic E-state index is 12.5. The van der Waals surface area contributed by atoms with Crippen molar-refractivity contribution in [2.24, 2.45) is 5.92 Å². The molecule has 1 unspecified atom stereocenters. The highest BCUT2D eigenvalue weighted by Crippen LogP contribution is 2.22. The third kappa shape index (κ3) is 4.44. The van der Waals surface area contributed by atoms with E-state index in [4.69, 9.17) is 0 Å². The number of benzene rings is 1. The van der Waals surface area contributed by atoms with E-state index in [0.29, 0.717) is 24.5 Å². The van der Waals surface area contributed by atoms with Crippen LogP contribution in [0, 0.1) is 5.92 Å². The first-order valence-corrected chi connectivity index (χ1v) is 8.36. The Morgan fingerprint density at radius 3 is 2.31 bits per heavy atom. The summed E-state index contributed by atoms with van der Waals surface area (Å²) < 4.78 is 0. The molecular weight excluding hydrogens is 332 g/mol. The number of aromatic nitrogens is 1. The van der Waals surface area contributed by atoms with Crippen LogP contribution in [0.25, 0.3) is 0 Å². The van der Waals surface area contributed by atoms with Crippen LogP contribution in [0.2, 0.25) is 0 Å². The Morgan fingerprint density at radius 1 is 1.08 bits per heavy atom. The zero-order chi connectivity index (χ0) is 18.5. The number of nitrogens with one attached hydrogen (secondary N) is 2. The molecule has 1 saturated heterocycles. The topological polar surface area (TPSA) is 91.4 Å². The number of hydrogen-bond acceptors (Lipinski definition) is 4. The Balaban J connectivity index is 1.57. The zero-order valence-corrected chi connectivity index (χ0v) is 14.4. The van der Waals surface area contributed by atoms with Gasteiger partial charge in [0.25, 0.3) is 0 Å². The summed E-state index contributed by atoms with van der Waals surface area (Å²) in [6.07, 6.45) is 3.58. The van der Waals surface area contributed by atoms with Gasteiger partial charge in [-0.1, -0.05) is 0 Å². The molecule has 26 heavy (non-hydrogen) atoms. The Bertz CT molecular complexity index is 805. The van der Waals surface area contributed by atoms with Crippen LogP contribution in [-0.4, -0.2) is 34.2 Å². The fourth-order valence-electron chi connectivity index (χ4n) is 2.89. The van der Waals surface area contributed by atoms with Gasteiger partial charge < -0.3 is 15.5 Å². The summed E-state index contributed by atoms with van der Waals surface area (Å²) in [4.78, 5) is 41.3. The first-order chi connectivity index (χ1) is 12.5. The molecule has 1 aromatic heterocycles. The normalized spacial score (nSPS) is 16.4. The maximum atomic E-state index is 12.5. The van der Waals surface area contributed by atoms with Crippen molar-refractivity contribution >= 4 is 29.1 Å². The lowest BCUT2D eigenvalue weighted by Gasteiger charge is -2.16. The average Bonchev–Trinajstić information content (AvgIpc) is 2.98. The van der Waals surface area contributed by atoms with Crippen molar-refractivity contribution in [1.82, 2.24) is 9.88 Å². The lowest BCUT2D eigenvalue weighted by Crippen LogP contribution is -2.28. The van der Waals surface area contributed by atoms with Crippen LogP contribution < -0.4 is 10.6 Å². The van der Waals surface area contributed by atoms with Gasteiger partial charge in [-0.3, -0.25) is 19.4 Å². The Morgan fingerprint density at radius 2 is 1.69 bits per heavy atom. The second-order valence-corrected chi connectivity index (χ2v) is 6.28. The molecule has 1 aliphatic heterocycles. The summed E-state index contributed by atoms with van der Waals surface area (Å²) >= 11 is 0. The first kappa shape index (κ1) is 17.6. The highest BCUT2D eigenvalue weighted by Gasteiger charge is 2.34. The summed E-state index contributed by atoms with van der Waals surface area (Å²) in [6, 6.07) is 10.6. The van der Waals surface area contributed by atoms with Crippen molar-refractivity contribution in [2.75, 3.05) is 17.2 Å². The van der Waals surface area contributed by atoms with Gasteiger partial charge in [-0.05, 0) is 42.0 Å². The molecule has 0 radical (unpaired) electrons. The molecule has 1 aliphatic rings. The second-order valence-electron chi connectivity index (χ2n) is 6.28. The van der Waals surface area contributed by atoms with Crippen LogP contribution in [-0.2, 0) is 20.9 Å². The van der Waals surface area contributed by atoms with Gasteiger partial charge in [-0.2, -0.15) is 0 Å². The van der Waals surface area contributed by atoms with Gasteiger partial charge in [0.2, 0.25) is 17.7 Å². The van der Waals surface area contributed by atoms with Crippen LogP contribution >= 0.6 is 0 Å². The van der Waals surface area contributed by atoms with E-state index in [1.54, 1.807) is 41.6 Å². The molecule has 7 nitrogen and oxygen atoms in total. The monoisotopic (exact) mass is 352 g/mol. The van der Waals surface area contributed by atoms with Gasteiger partial charge in [0.05, 0.1) is 5.92 Å². The third-order valence-electron chi connectivity index (χ3n) is 4.18. The molecule has 7 heteroatoms. The van der Waals surface area contributed by atoms with Gasteiger partial charge in [-0.15, -0.1) is 0 Å². The van der Waals surface area contributed by atoms with Crippen LogP contribution in [0.4, 0.5) is 11.4 Å². The number of amides is 3. The fourth-order valence-corrected chi connectivity index (χ4v) is 2.89. The second kappa shape index (κ2) is 7.77. The number of hydrogen-bond donors (Lipinski definition) is 2. The molecule has 2 heterocycles. The average molecular weight is 352 g/mol. The van der Waals surface area contributed by atoms with E-state index >= 15 is 0 Å². The molecule has 134 valence electrons. The van der Waals surface area contributed by atoms with E-state index in [-0.39, 0.29) is 30.1 Å². The molecule has 0 bridgehead atoms. The minimum Gasteiger partial charge on any atom is -0.338 e. The minimum atomic E-state index is -0.376. The number of carbonyl (C=O) groups is 3. The van der Waals surface area contributed by atoms with Crippen molar-refractivity contribution in [1.29, 1.82) is 0 Å². The molecule has 0 spiro atoms. The van der Waals surface area contributed by atoms with Crippen LogP contribution in [0.5, 0.6) is 0 Å². The Hall–Kier alpha value is -3.22. The standard InChI is InChI=1S/C19H20N4O3/c1-13(24)21-16-2-4-17(5-3-16)22-19(26)15-10-18(25)23(12-15)11-14-6-8-20-9-7-14/h2-9,15H,10-12H2,1H3,(H,21,24)(H,22,26). The largest absolute Gasteiger partial charge is 0.338 e. The molecule has 2 aromatic rings. The number of anilines is 2. The van der Waals surface area contributed by atoms with Crippen molar-refractivity contribution in [3.8, 4) is 0 Å². The molecule has 0 saturated carbocycles. The molecule has 1 fully saturated rings. The van der Waals surface area contributed by atoms with Crippen molar-refractivity contribution in [3.63, 3.8) is 0 Å². The number of likely N-dealkylation sites (tertiary alicyclic amines) is 1. The highest BCUT2D eigenvalue weighted by molar-refractivity contribution is 5.97. The van der Waals surface area contributed by atoms with Crippen LogP contribution in [0.15, 0.2) is 48.8 Å². The minimum absolute atomic E-state index is 0.0250. The van der Waals surface area contributed by atoms with Gasteiger partial charge in [-0.25, -0.2) is 0 Å². The molecular formula is C19H20N4O3. The van der Waals surface area contributed by atoms with Gasteiger partial charge in [0.1, 0.15) is 0 Å². The number of nitrogens with zero attached hydrogens (tertiary/aromatic N) is 2. The maximum Gasteiger partial charge on any atom is 0.229 e. The molecule has 1 atom stereocenters. The predicted molar refractivity (Wildman–Crippen MR) is 97.1 cm³/mol. The summed E-state index contributed by atoms with van der Waals surface area (Å²) in [5.74, 6) is -0.731. The number of rotatable bonds is 5. The van der Waals surface area contributed by atoms with E-state index in [0.717, 1.165) is 5.56 Å². The molecule has 0 aliphatic carbocycles. The Labute approximate surface area is 151 Å². The predicted octanol–water partition coefficient (Wildman–Crippen LogP) is 2.03. The number of pyridine rings is 1. The van der Waals surface area contributed by atoms with Crippen molar-refractivity contribution in [2.45, 2.75) is 19.9 Å². The van der Waals surface area contributed by atoms with E-state index in [1.807, 2.05) is 12.1 Å². The van der Waals surface area contributed by atoms with Gasteiger partial charge in [0.15, 0.2) is 0 Å². The van der Waals surface area contributed by atoms with E-state index < -0.39 is 0 Å². The third-order valence-corrected chi connectivity index (χ3v) is 4.18. The van der Waals surface area contributed by atoms with Crippen LogP contribution in [0.1, 0.15) is 18.9 Å². The van der Waals surface area contributed by atoms with Crippen molar-refractivity contribution < 1.29 is 14.4 Å². The molecule has 3 rings (SSSR count). The smallest absolute Gasteiger partial charge is 0.229 e. The SMILES string of the molecule is CC(=O)Nc1ccc(NC(=O)C2CC(=O)N(Cc3ccncc3)C2)cc1.